The molecule has 4 N–H and O–H groups in total. The Bertz CT molecular complexity index is 1050. The lowest BCUT2D eigenvalue weighted by molar-refractivity contribution is -0.135. The average molecular weight is 681 g/mol. The van der Waals surface area contributed by atoms with Gasteiger partial charge in [0.15, 0.2) is 11.6 Å². The van der Waals surface area contributed by atoms with Gasteiger partial charge in [-0.25, -0.2) is 0 Å². The molecule has 0 saturated carbocycles. The molecule has 0 fully saturated rings. The van der Waals surface area contributed by atoms with E-state index >= 15 is 0 Å². The van der Waals surface area contributed by atoms with Crippen molar-refractivity contribution < 1.29 is 39.0 Å². The average Bonchev–Trinajstić information content (AvgIpc) is 2.91. The van der Waals surface area contributed by atoms with Crippen molar-refractivity contribution in [2.24, 2.45) is 47.3 Å². The quantitative estimate of drug-likeness (QED) is 0.102. The second-order valence-corrected chi connectivity index (χ2v) is 16.1. The van der Waals surface area contributed by atoms with Crippen LogP contribution in [0, 0.1) is 47.3 Å². The van der Waals surface area contributed by atoms with E-state index in [-0.39, 0.29) is 90.7 Å². The minimum absolute atomic E-state index is 0.00691. The molecule has 0 aliphatic rings. The van der Waals surface area contributed by atoms with Gasteiger partial charge < -0.3 is 20.8 Å². The van der Waals surface area contributed by atoms with Gasteiger partial charge in [0.1, 0.15) is 11.6 Å². The van der Waals surface area contributed by atoms with Gasteiger partial charge in [0.25, 0.3) is 0 Å². The van der Waals surface area contributed by atoms with Gasteiger partial charge in [0.05, 0.1) is 30.7 Å². The normalized spacial score (nSPS) is 16.4. The Morgan fingerprint density at radius 1 is 0.542 bits per heavy atom. The summed E-state index contributed by atoms with van der Waals surface area (Å²) in [4.78, 5) is 77.1. The maximum Gasteiger partial charge on any atom is 0.224 e. The van der Waals surface area contributed by atoms with E-state index in [0.29, 0.717) is 19.3 Å². The first-order valence-corrected chi connectivity index (χ1v) is 18.1. The molecule has 0 saturated heterocycles. The van der Waals surface area contributed by atoms with E-state index in [1.807, 2.05) is 69.2 Å². The Morgan fingerprint density at radius 2 is 1.02 bits per heavy atom. The highest BCUT2D eigenvalue weighted by Gasteiger charge is 2.34. The first kappa shape index (κ1) is 45.5. The van der Waals surface area contributed by atoms with Gasteiger partial charge in [-0.3, -0.25) is 28.8 Å². The molecular formula is C38H68N2O8. The number of ketones is 4. The molecule has 48 heavy (non-hydrogen) atoms. The Kier molecular flexibility index (Phi) is 21.2. The molecule has 10 nitrogen and oxygen atoms in total. The Labute approximate surface area is 290 Å². The molecule has 0 aromatic heterocycles. The van der Waals surface area contributed by atoms with Crippen LogP contribution in [0.2, 0.25) is 0 Å². The highest BCUT2D eigenvalue weighted by atomic mass is 16.3. The van der Waals surface area contributed by atoms with E-state index in [1.165, 1.54) is 6.92 Å². The molecule has 0 aromatic rings. The van der Waals surface area contributed by atoms with Crippen LogP contribution in [0.5, 0.6) is 0 Å². The number of Topliss-reactive ketones (excluding diaryl/α,β-unsaturated/α-hetero) is 4. The molecule has 10 heteroatoms. The third kappa shape index (κ3) is 18.3. The lowest BCUT2D eigenvalue weighted by Crippen LogP contribution is -2.49. The Balaban J connectivity index is 5.60. The van der Waals surface area contributed by atoms with Gasteiger partial charge in [-0.2, -0.15) is 0 Å². The molecule has 0 bridgehead atoms. The van der Waals surface area contributed by atoms with Crippen LogP contribution < -0.4 is 10.6 Å². The van der Waals surface area contributed by atoms with Crippen molar-refractivity contribution in [1.29, 1.82) is 0 Å². The van der Waals surface area contributed by atoms with Crippen molar-refractivity contribution in [3.05, 3.63) is 0 Å². The minimum Gasteiger partial charge on any atom is -0.392 e. The molecule has 0 radical (unpaired) electrons. The largest absolute Gasteiger partial charge is 0.392 e. The maximum absolute atomic E-state index is 13.7. The highest BCUT2D eigenvalue weighted by Crippen LogP contribution is 2.26. The molecule has 278 valence electrons. The number of carbonyl (C=O) groups is 6. The van der Waals surface area contributed by atoms with Crippen molar-refractivity contribution in [1.82, 2.24) is 10.6 Å². The van der Waals surface area contributed by atoms with Crippen molar-refractivity contribution in [2.45, 2.75) is 159 Å². The number of nitrogens with one attached hydrogen (secondary N) is 2. The van der Waals surface area contributed by atoms with Crippen LogP contribution in [-0.4, -0.2) is 69.5 Å². The Hall–Kier alpha value is -2.46. The maximum atomic E-state index is 13.7. The van der Waals surface area contributed by atoms with Crippen LogP contribution in [0.1, 0.15) is 134 Å². The molecule has 0 spiro atoms. The van der Waals surface area contributed by atoms with Gasteiger partial charge in [-0.05, 0) is 68.1 Å². The van der Waals surface area contributed by atoms with Gasteiger partial charge in [-0.15, -0.1) is 0 Å². The van der Waals surface area contributed by atoms with E-state index in [9.17, 15) is 39.0 Å². The number of aliphatic hydroxyl groups excluding tert-OH is 2. The highest BCUT2D eigenvalue weighted by molar-refractivity contribution is 5.92. The second kappa shape index (κ2) is 22.3. The second-order valence-electron chi connectivity index (χ2n) is 16.1. The minimum atomic E-state index is -1.16. The van der Waals surface area contributed by atoms with Crippen LogP contribution in [0.4, 0.5) is 0 Å². The van der Waals surface area contributed by atoms with Crippen LogP contribution in [-0.2, 0) is 28.8 Å². The molecule has 0 heterocycles. The molecule has 0 rings (SSSR count). The summed E-state index contributed by atoms with van der Waals surface area (Å²) in [6.07, 6.45) is -0.971. The third-order valence-electron chi connectivity index (χ3n) is 8.85. The number of hydrogen-bond donors (Lipinski definition) is 4. The molecule has 7 atom stereocenters. The monoisotopic (exact) mass is 680 g/mol. The number of rotatable bonds is 25. The van der Waals surface area contributed by atoms with Crippen LogP contribution in [0.15, 0.2) is 0 Å². The summed E-state index contributed by atoms with van der Waals surface area (Å²) in [5, 5.41) is 27.3. The summed E-state index contributed by atoms with van der Waals surface area (Å²) in [6, 6.07) is -1.68. The first-order valence-electron chi connectivity index (χ1n) is 18.1. The van der Waals surface area contributed by atoms with Crippen molar-refractivity contribution >= 4 is 34.9 Å². The van der Waals surface area contributed by atoms with Gasteiger partial charge in [0.2, 0.25) is 11.8 Å². The molecule has 0 unspecified atom stereocenters. The van der Waals surface area contributed by atoms with Crippen molar-refractivity contribution in [3.63, 3.8) is 0 Å². The topological polar surface area (TPSA) is 167 Å². The summed E-state index contributed by atoms with van der Waals surface area (Å²) in [5.74, 6) is -2.91. The summed E-state index contributed by atoms with van der Waals surface area (Å²) < 4.78 is 0. The van der Waals surface area contributed by atoms with Crippen LogP contribution >= 0.6 is 0 Å². The van der Waals surface area contributed by atoms with E-state index in [0.717, 1.165) is 0 Å². The predicted molar refractivity (Wildman–Crippen MR) is 189 cm³/mol. The van der Waals surface area contributed by atoms with Crippen molar-refractivity contribution in [2.75, 3.05) is 0 Å². The van der Waals surface area contributed by atoms with E-state index in [4.69, 9.17) is 0 Å². The zero-order valence-electron chi connectivity index (χ0n) is 31.9. The molecule has 0 aliphatic heterocycles. The third-order valence-corrected chi connectivity index (χ3v) is 8.85. The molecule has 0 aromatic carbocycles. The van der Waals surface area contributed by atoms with E-state index in [1.54, 1.807) is 6.92 Å². The van der Waals surface area contributed by atoms with E-state index in [2.05, 4.69) is 10.6 Å². The molecular weight excluding hydrogens is 612 g/mol. The van der Waals surface area contributed by atoms with Crippen molar-refractivity contribution in [3.8, 4) is 0 Å². The van der Waals surface area contributed by atoms with Gasteiger partial charge in [0, 0.05) is 38.0 Å². The smallest absolute Gasteiger partial charge is 0.224 e. The lowest BCUT2D eigenvalue weighted by atomic mass is 9.83. The number of carbonyl (C=O) groups excluding carboxylic acids is 6. The number of hydrogen-bond acceptors (Lipinski definition) is 8. The first-order chi connectivity index (χ1) is 22.0. The molecule has 0 aliphatic carbocycles. The predicted octanol–water partition coefficient (Wildman–Crippen LogP) is 5.24. The summed E-state index contributed by atoms with van der Waals surface area (Å²) in [7, 11) is 0. The van der Waals surface area contributed by atoms with Gasteiger partial charge >= 0.3 is 0 Å². The fourth-order valence-corrected chi connectivity index (χ4v) is 6.28. The lowest BCUT2D eigenvalue weighted by Gasteiger charge is -2.29. The zero-order valence-corrected chi connectivity index (χ0v) is 31.9. The standard InChI is InChI=1S/C38H68N2O8/c1-21(2)13-28(33(44)16-26(11)41)17-32(43)27(12)39-36(47)20-34(45)29(14-22(3)4)18-35(46)37(25(9)10)40-38(48)31(24(7)8)19-30(42)15-23(5)6/h21-25,27-29,31,33-34,37,44-45H,13-20H2,1-12H3,(H,39,47)(H,40,48)/t27-,28+,29+,31-,33-,34-,37-/m0/s1. The number of amides is 2. The summed E-state index contributed by atoms with van der Waals surface area (Å²) in [5.41, 5.74) is 0. The zero-order chi connectivity index (χ0) is 37.5. The fourth-order valence-electron chi connectivity index (χ4n) is 6.28. The Morgan fingerprint density at radius 3 is 1.44 bits per heavy atom. The van der Waals surface area contributed by atoms with Crippen LogP contribution in [0.3, 0.4) is 0 Å². The SMILES string of the molecule is CC(=O)C[C@H](O)[C@@H](CC(=O)[C@H](C)NC(=O)C[C@H](O)[C@@H](CC(=O)[C@@H](NC(=O)[C@@H](CC(=O)CC(C)C)C(C)C)C(C)C)CC(C)C)CC(C)C. The van der Waals surface area contributed by atoms with Gasteiger partial charge in [-0.1, -0.05) is 69.2 Å². The van der Waals surface area contributed by atoms with E-state index < -0.39 is 48.0 Å². The summed E-state index contributed by atoms with van der Waals surface area (Å²) in [6.45, 7) is 22.2. The van der Waals surface area contributed by atoms with Crippen LogP contribution in [0.25, 0.3) is 0 Å². The summed E-state index contributed by atoms with van der Waals surface area (Å²) >= 11 is 0. The molecule has 2 amide bonds. The number of aliphatic hydroxyl groups is 2. The fraction of sp³-hybridized carbons (Fsp3) is 0.842.